The SMILES string of the molecule is Cc1cc(N2CCC(c3cn[nH]c3C)CC2)c(C#N)cn1. The second kappa shape index (κ2) is 5.57. The maximum absolute atomic E-state index is 9.25. The van der Waals surface area contributed by atoms with E-state index in [0.29, 0.717) is 11.5 Å². The molecular weight excluding hydrogens is 262 g/mol. The predicted molar refractivity (Wildman–Crippen MR) is 81.2 cm³/mol. The molecule has 3 rings (SSSR count). The van der Waals surface area contributed by atoms with Crippen molar-refractivity contribution in [3.05, 3.63) is 41.0 Å². The molecular formula is C16H19N5. The number of hydrogen-bond acceptors (Lipinski definition) is 4. The summed E-state index contributed by atoms with van der Waals surface area (Å²) in [5.41, 5.74) is 5.15. The molecule has 0 bridgehead atoms. The van der Waals surface area contributed by atoms with Crippen LogP contribution in [0.2, 0.25) is 0 Å². The van der Waals surface area contributed by atoms with E-state index in [4.69, 9.17) is 0 Å². The van der Waals surface area contributed by atoms with Crippen LogP contribution < -0.4 is 4.90 Å². The van der Waals surface area contributed by atoms with Gasteiger partial charge in [-0.25, -0.2) is 0 Å². The summed E-state index contributed by atoms with van der Waals surface area (Å²) in [6.45, 7) is 5.97. The molecule has 2 aromatic heterocycles. The summed E-state index contributed by atoms with van der Waals surface area (Å²) in [6, 6.07) is 4.26. The Kier molecular flexibility index (Phi) is 3.61. The van der Waals surface area contributed by atoms with Gasteiger partial charge in [0.2, 0.25) is 0 Å². The van der Waals surface area contributed by atoms with Crippen LogP contribution in [0.4, 0.5) is 5.69 Å². The molecule has 2 aromatic rings. The van der Waals surface area contributed by atoms with E-state index in [1.165, 1.54) is 11.3 Å². The van der Waals surface area contributed by atoms with Gasteiger partial charge in [-0.15, -0.1) is 0 Å². The second-order valence-electron chi connectivity index (χ2n) is 5.67. The van der Waals surface area contributed by atoms with Crippen molar-refractivity contribution in [1.29, 1.82) is 5.26 Å². The lowest BCUT2D eigenvalue weighted by molar-refractivity contribution is 0.503. The number of hydrogen-bond donors (Lipinski definition) is 1. The number of pyridine rings is 1. The van der Waals surface area contributed by atoms with E-state index in [1.807, 2.05) is 19.2 Å². The first-order chi connectivity index (χ1) is 10.2. The van der Waals surface area contributed by atoms with Crippen molar-refractivity contribution in [2.24, 2.45) is 0 Å². The van der Waals surface area contributed by atoms with Crippen LogP contribution in [0.25, 0.3) is 0 Å². The second-order valence-corrected chi connectivity index (χ2v) is 5.67. The average molecular weight is 281 g/mol. The molecule has 0 aliphatic carbocycles. The van der Waals surface area contributed by atoms with Gasteiger partial charge in [0.1, 0.15) is 6.07 Å². The van der Waals surface area contributed by atoms with Gasteiger partial charge < -0.3 is 4.90 Å². The van der Waals surface area contributed by atoms with E-state index in [9.17, 15) is 5.26 Å². The van der Waals surface area contributed by atoms with Crippen LogP contribution in [-0.4, -0.2) is 28.3 Å². The van der Waals surface area contributed by atoms with Crippen LogP contribution in [-0.2, 0) is 0 Å². The number of aromatic amines is 1. The Morgan fingerprint density at radius 2 is 2.05 bits per heavy atom. The topological polar surface area (TPSA) is 68.6 Å². The molecule has 108 valence electrons. The molecule has 0 spiro atoms. The van der Waals surface area contributed by atoms with Crippen LogP contribution in [0, 0.1) is 25.2 Å². The summed E-state index contributed by atoms with van der Waals surface area (Å²) in [4.78, 5) is 6.52. The highest BCUT2D eigenvalue weighted by atomic mass is 15.1. The van der Waals surface area contributed by atoms with Gasteiger partial charge in [-0.2, -0.15) is 10.4 Å². The maximum atomic E-state index is 9.25. The summed E-state index contributed by atoms with van der Waals surface area (Å²) in [7, 11) is 0. The average Bonchev–Trinajstić information content (AvgIpc) is 2.93. The monoisotopic (exact) mass is 281 g/mol. The standard InChI is InChI=1S/C16H19N5/c1-11-7-16(14(8-17)9-18-11)21-5-3-13(4-6-21)15-10-19-20-12(15)2/h7,9-10,13H,3-6H2,1-2H3,(H,19,20). The molecule has 1 fully saturated rings. The molecule has 3 heterocycles. The summed E-state index contributed by atoms with van der Waals surface area (Å²) in [6.07, 6.45) is 5.81. The van der Waals surface area contributed by atoms with Crippen molar-refractivity contribution in [3.8, 4) is 6.07 Å². The van der Waals surface area contributed by atoms with Crippen LogP contribution in [0.5, 0.6) is 0 Å². The molecule has 0 amide bonds. The molecule has 1 N–H and O–H groups in total. The zero-order chi connectivity index (χ0) is 14.8. The number of nitrogens with one attached hydrogen (secondary N) is 1. The van der Waals surface area contributed by atoms with Gasteiger partial charge >= 0.3 is 0 Å². The third-order valence-corrected chi connectivity index (χ3v) is 4.28. The molecule has 5 nitrogen and oxygen atoms in total. The summed E-state index contributed by atoms with van der Waals surface area (Å²) in [5, 5.41) is 16.4. The molecule has 1 aliphatic heterocycles. The van der Waals surface area contributed by atoms with E-state index in [-0.39, 0.29) is 0 Å². The van der Waals surface area contributed by atoms with Crippen molar-refractivity contribution in [3.63, 3.8) is 0 Å². The Balaban J connectivity index is 1.76. The lowest BCUT2D eigenvalue weighted by atomic mass is 9.89. The Morgan fingerprint density at radius 1 is 1.29 bits per heavy atom. The first kappa shape index (κ1) is 13.6. The first-order valence-corrected chi connectivity index (χ1v) is 7.30. The number of nitrogens with zero attached hydrogens (tertiary/aromatic N) is 4. The molecule has 0 atom stereocenters. The van der Waals surface area contributed by atoms with Crippen molar-refractivity contribution >= 4 is 5.69 Å². The van der Waals surface area contributed by atoms with Crippen LogP contribution in [0.3, 0.4) is 0 Å². The van der Waals surface area contributed by atoms with Crippen molar-refractivity contribution in [2.75, 3.05) is 18.0 Å². The fraction of sp³-hybridized carbons (Fsp3) is 0.438. The number of aromatic nitrogens is 3. The van der Waals surface area contributed by atoms with Crippen LogP contribution in [0.1, 0.15) is 41.3 Å². The van der Waals surface area contributed by atoms with E-state index in [1.54, 1.807) is 6.20 Å². The summed E-state index contributed by atoms with van der Waals surface area (Å²) >= 11 is 0. The van der Waals surface area contributed by atoms with E-state index < -0.39 is 0 Å². The van der Waals surface area contributed by atoms with Crippen molar-refractivity contribution in [1.82, 2.24) is 15.2 Å². The highest BCUT2D eigenvalue weighted by Gasteiger charge is 2.24. The van der Waals surface area contributed by atoms with E-state index >= 15 is 0 Å². The highest BCUT2D eigenvalue weighted by molar-refractivity contribution is 5.59. The summed E-state index contributed by atoms with van der Waals surface area (Å²) < 4.78 is 0. The van der Waals surface area contributed by atoms with Crippen molar-refractivity contribution < 1.29 is 0 Å². The lowest BCUT2D eigenvalue weighted by Gasteiger charge is -2.34. The normalized spacial score (nSPS) is 16.0. The van der Waals surface area contributed by atoms with Crippen LogP contribution in [0.15, 0.2) is 18.5 Å². The highest BCUT2D eigenvalue weighted by Crippen LogP contribution is 2.32. The minimum Gasteiger partial charge on any atom is -0.370 e. The predicted octanol–water partition coefficient (Wildman–Crippen LogP) is 2.68. The third kappa shape index (κ3) is 2.62. The molecule has 0 aromatic carbocycles. The van der Waals surface area contributed by atoms with Gasteiger partial charge in [0.25, 0.3) is 0 Å². The fourth-order valence-corrected chi connectivity index (χ4v) is 3.10. The molecule has 1 aliphatic rings. The largest absolute Gasteiger partial charge is 0.370 e. The Labute approximate surface area is 124 Å². The number of H-pyrrole nitrogens is 1. The molecule has 0 unspecified atom stereocenters. The minimum absolute atomic E-state index is 0.563. The van der Waals surface area contributed by atoms with Gasteiger partial charge in [0, 0.05) is 30.7 Å². The Hall–Kier alpha value is -2.35. The smallest absolute Gasteiger partial charge is 0.103 e. The zero-order valence-corrected chi connectivity index (χ0v) is 12.4. The number of anilines is 1. The maximum Gasteiger partial charge on any atom is 0.103 e. The quantitative estimate of drug-likeness (QED) is 0.919. The molecule has 5 heteroatoms. The van der Waals surface area contributed by atoms with Crippen molar-refractivity contribution in [2.45, 2.75) is 32.6 Å². The lowest BCUT2D eigenvalue weighted by Crippen LogP contribution is -2.33. The van der Waals surface area contributed by atoms with Crippen LogP contribution >= 0.6 is 0 Å². The van der Waals surface area contributed by atoms with Gasteiger partial charge in [-0.3, -0.25) is 10.1 Å². The first-order valence-electron chi connectivity index (χ1n) is 7.30. The fourth-order valence-electron chi connectivity index (χ4n) is 3.10. The van der Waals surface area contributed by atoms with Gasteiger partial charge in [0.15, 0.2) is 0 Å². The molecule has 0 saturated carbocycles. The zero-order valence-electron chi connectivity index (χ0n) is 12.4. The van der Waals surface area contributed by atoms with Gasteiger partial charge in [-0.05, 0) is 44.2 Å². The Morgan fingerprint density at radius 3 is 2.67 bits per heavy atom. The van der Waals surface area contributed by atoms with Gasteiger partial charge in [0.05, 0.1) is 17.4 Å². The van der Waals surface area contributed by atoms with Gasteiger partial charge in [-0.1, -0.05) is 0 Å². The molecule has 21 heavy (non-hydrogen) atoms. The Bertz CT molecular complexity index is 674. The number of rotatable bonds is 2. The number of nitriles is 1. The third-order valence-electron chi connectivity index (χ3n) is 4.28. The number of aryl methyl sites for hydroxylation is 2. The summed E-state index contributed by atoms with van der Waals surface area (Å²) in [5.74, 6) is 0.563. The minimum atomic E-state index is 0.563. The van der Waals surface area contributed by atoms with E-state index in [0.717, 1.165) is 37.3 Å². The molecule has 1 saturated heterocycles. The number of piperidine rings is 1. The van der Waals surface area contributed by atoms with E-state index in [2.05, 4.69) is 33.1 Å². The molecule has 0 radical (unpaired) electrons.